The molecule has 4 rings (SSSR count). The van der Waals surface area contributed by atoms with Gasteiger partial charge in [-0.2, -0.15) is 0 Å². The van der Waals surface area contributed by atoms with Crippen LogP contribution in [0.2, 0.25) is 0 Å². The Morgan fingerprint density at radius 3 is 2.52 bits per heavy atom. The van der Waals surface area contributed by atoms with Crippen LogP contribution in [0, 0.1) is 0 Å². The molecule has 0 aliphatic carbocycles. The maximum absolute atomic E-state index is 13.3. The molecule has 0 saturated carbocycles. The molecular weight excluding hydrogens is 388 g/mol. The van der Waals surface area contributed by atoms with Gasteiger partial charge < -0.3 is 20.0 Å². The van der Waals surface area contributed by atoms with Gasteiger partial charge in [-0.3, -0.25) is 14.4 Å². The van der Waals surface area contributed by atoms with Crippen LogP contribution in [0.15, 0.2) is 24.3 Å². The minimum atomic E-state index is -0.625. The molecule has 3 amide bonds. The van der Waals surface area contributed by atoms with Crippen molar-refractivity contribution in [3.63, 3.8) is 0 Å². The highest BCUT2D eigenvalue weighted by atomic mass is 32.2. The fraction of sp³-hybridized carbons (Fsp3) is 0.571. The average Bonchev–Trinajstić information content (AvgIpc) is 3.11. The van der Waals surface area contributed by atoms with Crippen molar-refractivity contribution in [2.75, 3.05) is 33.2 Å². The normalized spacial score (nSPS) is 26.8. The van der Waals surface area contributed by atoms with Crippen molar-refractivity contribution in [1.82, 2.24) is 20.0 Å². The van der Waals surface area contributed by atoms with Gasteiger partial charge in [0.15, 0.2) is 0 Å². The third-order valence-corrected chi connectivity index (χ3v) is 7.62. The third-order valence-electron chi connectivity index (χ3n) is 6.09. The molecule has 3 atom stereocenters. The van der Waals surface area contributed by atoms with E-state index in [1.54, 1.807) is 28.5 Å². The maximum atomic E-state index is 13.3. The lowest BCUT2D eigenvalue weighted by Crippen LogP contribution is -2.58. The Morgan fingerprint density at radius 2 is 1.83 bits per heavy atom. The Balaban J connectivity index is 1.49. The van der Waals surface area contributed by atoms with E-state index < -0.39 is 16.8 Å². The molecule has 7 nitrogen and oxygen atoms in total. The lowest BCUT2D eigenvalue weighted by atomic mass is 10.0. The first-order valence-electron chi connectivity index (χ1n) is 10.1. The summed E-state index contributed by atoms with van der Waals surface area (Å²) in [6.07, 6.45) is 0. The van der Waals surface area contributed by atoms with Crippen LogP contribution in [-0.2, 0) is 9.59 Å². The number of benzene rings is 1. The van der Waals surface area contributed by atoms with Crippen LogP contribution in [0.3, 0.4) is 0 Å². The van der Waals surface area contributed by atoms with Gasteiger partial charge in [0.05, 0.1) is 0 Å². The molecule has 1 aromatic rings. The summed E-state index contributed by atoms with van der Waals surface area (Å²) in [5.41, 5.74) is 1.63. The monoisotopic (exact) mass is 416 g/mol. The minimum absolute atomic E-state index is 0.0671. The molecule has 1 N–H and O–H groups in total. The van der Waals surface area contributed by atoms with Gasteiger partial charge in [0.1, 0.15) is 17.5 Å². The molecule has 29 heavy (non-hydrogen) atoms. The summed E-state index contributed by atoms with van der Waals surface area (Å²) < 4.78 is -0.450. The van der Waals surface area contributed by atoms with Crippen LogP contribution in [0.1, 0.15) is 42.1 Å². The van der Waals surface area contributed by atoms with E-state index in [-0.39, 0.29) is 23.1 Å². The van der Waals surface area contributed by atoms with Gasteiger partial charge in [-0.25, -0.2) is 0 Å². The fourth-order valence-electron chi connectivity index (χ4n) is 4.46. The molecule has 2 saturated heterocycles. The number of carbonyl (C=O) groups is 3. The predicted molar refractivity (Wildman–Crippen MR) is 112 cm³/mol. The van der Waals surface area contributed by atoms with E-state index in [1.165, 1.54) is 0 Å². The van der Waals surface area contributed by atoms with E-state index in [0.717, 1.165) is 18.7 Å². The first-order valence-corrected chi connectivity index (χ1v) is 11.0. The third kappa shape index (κ3) is 3.42. The average molecular weight is 417 g/mol. The Kier molecular flexibility index (Phi) is 5.11. The van der Waals surface area contributed by atoms with Gasteiger partial charge in [0, 0.05) is 36.5 Å². The van der Waals surface area contributed by atoms with Gasteiger partial charge >= 0.3 is 0 Å². The molecule has 0 spiro atoms. The molecule has 3 aliphatic heterocycles. The summed E-state index contributed by atoms with van der Waals surface area (Å²) in [6.45, 7) is 8.71. The van der Waals surface area contributed by atoms with Gasteiger partial charge in [0.2, 0.25) is 11.8 Å². The Labute approximate surface area is 175 Å². The molecule has 8 heteroatoms. The second-order valence-electron chi connectivity index (χ2n) is 8.63. The number of likely N-dealkylation sites (N-methyl/N-ethyl adjacent to an activating group) is 1. The summed E-state index contributed by atoms with van der Waals surface area (Å²) in [7, 11) is 2.04. The molecule has 2 fully saturated rings. The van der Waals surface area contributed by atoms with Crippen molar-refractivity contribution < 1.29 is 14.4 Å². The zero-order chi connectivity index (χ0) is 20.9. The Bertz CT molecular complexity index is 850. The van der Waals surface area contributed by atoms with E-state index in [2.05, 4.69) is 10.2 Å². The lowest BCUT2D eigenvalue weighted by molar-refractivity contribution is -0.138. The summed E-state index contributed by atoms with van der Waals surface area (Å²) >= 11 is 1.63. The number of hydrogen-bond acceptors (Lipinski definition) is 5. The van der Waals surface area contributed by atoms with Crippen molar-refractivity contribution in [1.29, 1.82) is 0 Å². The smallest absolute Gasteiger partial charge is 0.256 e. The van der Waals surface area contributed by atoms with Crippen molar-refractivity contribution in [3.8, 4) is 0 Å². The number of nitrogens with one attached hydrogen (secondary N) is 1. The molecule has 0 aromatic heterocycles. The van der Waals surface area contributed by atoms with E-state index >= 15 is 0 Å². The minimum Gasteiger partial charge on any atom is -0.343 e. The van der Waals surface area contributed by atoms with Crippen LogP contribution in [0.4, 0.5) is 0 Å². The number of hydrogen-bond donors (Lipinski definition) is 1. The van der Waals surface area contributed by atoms with Gasteiger partial charge in [0.25, 0.3) is 5.91 Å². The van der Waals surface area contributed by atoms with E-state index in [0.29, 0.717) is 18.7 Å². The number of piperazine rings is 1. The Hall–Kier alpha value is -2.06. The summed E-state index contributed by atoms with van der Waals surface area (Å²) in [5, 5.41) is 2.74. The fourth-order valence-corrected chi connectivity index (χ4v) is 6.05. The van der Waals surface area contributed by atoms with Crippen LogP contribution >= 0.6 is 11.8 Å². The lowest BCUT2D eigenvalue weighted by Gasteiger charge is -2.35. The zero-order valence-corrected chi connectivity index (χ0v) is 18.2. The molecule has 0 bridgehead atoms. The molecule has 156 valence electrons. The van der Waals surface area contributed by atoms with E-state index in [1.807, 2.05) is 45.2 Å². The highest BCUT2D eigenvalue weighted by Gasteiger charge is 2.57. The molecule has 0 unspecified atom stereocenters. The van der Waals surface area contributed by atoms with E-state index in [9.17, 15) is 14.4 Å². The van der Waals surface area contributed by atoms with Gasteiger partial charge in [-0.05, 0) is 39.4 Å². The van der Waals surface area contributed by atoms with Gasteiger partial charge in [-0.15, -0.1) is 11.8 Å². The van der Waals surface area contributed by atoms with Crippen molar-refractivity contribution >= 4 is 29.5 Å². The van der Waals surface area contributed by atoms with Crippen molar-refractivity contribution in [2.24, 2.45) is 0 Å². The summed E-state index contributed by atoms with van der Waals surface area (Å²) in [6, 6.07) is 6.30. The number of amides is 3. The Morgan fingerprint density at radius 1 is 1.17 bits per heavy atom. The molecule has 1 aromatic carbocycles. The number of rotatable bonds is 3. The van der Waals surface area contributed by atoms with Gasteiger partial charge in [-0.1, -0.05) is 18.2 Å². The number of thioether (sulfide) groups is 1. The summed E-state index contributed by atoms with van der Waals surface area (Å²) in [5.74, 6) is -0.439. The van der Waals surface area contributed by atoms with Crippen molar-refractivity contribution in [3.05, 3.63) is 35.4 Å². The highest BCUT2D eigenvalue weighted by molar-refractivity contribution is 8.01. The van der Waals surface area contributed by atoms with Crippen LogP contribution in [0.25, 0.3) is 0 Å². The largest absolute Gasteiger partial charge is 0.343 e. The predicted octanol–water partition coefficient (Wildman–Crippen LogP) is 1.31. The highest BCUT2D eigenvalue weighted by Crippen LogP contribution is 2.56. The number of fused-ring (bicyclic) bond motifs is 3. The summed E-state index contributed by atoms with van der Waals surface area (Å²) in [4.78, 5) is 44.8. The molecular formula is C21H28N4O3S. The van der Waals surface area contributed by atoms with Crippen molar-refractivity contribution in [2.45, 2.75) is 43.0 Å². The van der Waals surface area contributed by atoms with Crippen LogP contribution < -0.4 is 5.32 Å². The second kappa shape index (κ2) is 7.32. The van der Waals surface area contributed by atoms with Crippen LogP contribution in [0.5, 0.6) is 0 Å². The molecule has 0 radical (unpaired) electrons. The second-order valence-corrected chi connectivity index (χ2v) is 10.4. The van der Waals surface area contributed by atoms with E-state index in [4.69, 9.17) is 0 Å². The first kappa shape index (κ1) is 20.2. The number of carbonyl (C=O) groups excluding carboxylic acids is 3. The standard InChI is InChI=1S/C21H28N4O3S/c1-13(18(27)24-11-9-23(4)10-12-24)22-17(26)16-21(2,3)29-20-15-8-6-5-7-14(15)19(28)25(16)20/h5-8,13,16,20H,9-12H2,1-4H3,(H,22,26)/t13-,16+,20-/m0/s1. The molecule has 3 aliphatic rings. The topological polar surface area (TPSA) is 73.0 Å². The maximum Gasteiger partial charge on any atom is 0.256 e. The van der Waals surface area contributed by atoms with Crippen LogP contribution in [-0.4, -0.2) is 82.5 Å². The number of nitrogens with zero attached hydrogens (tertiary/aromatic N) is 3. The quantitative estimate of drug-likeness (QED) is 0.805. The zero-order valence-electron chi connectivity index (χ0n) is 17.3. The molecule has 3 heterocycles. The first-order chi connectivity index (χ1) is 13.7. The SMILES string of the molecule is C[C@H](NC(=O)[C@H]1N2C(=O)c3ccccc3[C@@H]2SC1(C)C)C(=O)N1CCN(C)CC1.